The summed E-state index contributed by atoms with van der Waals surface area (Å²) < 4.78 is 5.48. The number of esters is 1. The van der Waals surface area contributed by atoms with E-state index in [1.807, 2.05) is 0 Å². The number of carbonyl (C=O) groups is 2. The Labute approximate surface area is 218 Å². The Hall–Kier alpha value is -1.58. The molecule has 5 rings (SSSR count). The second kappa shape index (κ2) is 7.96. The number of carbonyl (C=O) groups excluding carboxylic acids is 2. The van der Waals surface area contributed by atoms with Crippen LogP contribution in [0, 0.1) is 56.7 Å². The van der Waals surface area contributed by atoms with E-state index in [0.717, 1.165) is 57.6 Å². The molecule has 0 aromatic carbocycles. The number of hydrogen-bond donors (Lipinski definition) is 1. The van der Waals surface area contributed by atoms with Crippen molar-refractivity contribution in [2.24, 2.45) is 56.7 Å². The van der Waals surface area contributed by atoms with Crippen LogP contribution < -0.4 is 0 Å². The highest BCUT2D eigenvalue weighted by Crippen LogP contribution is 2.77. The normalized spacial score (nSPS) is 50.5. The van der Waals surface area contributed by atoms with Gasteiger partial charge < -0.3 is 9.84 Å². The number of fused-ring (bicyclic) bond motifs is 7. The van der Waals surface area contributed by atoms with Gasteiger partial charge in [-0.1, -0.05) is 46.8 Å². The van der Waals surface area contributed by atoms with Crippen LogP contribution in [-0.4, -0.2) is 24.0 Å². The maximum atomic E-state index is 13.4. The van der Waals surface area contributed by atoms with Crippen LogP contribution in [0.1, 0.15) is 99.3 Å². The van der Waals surface area contributed by atoms with E-state index >= 15 is 0 Å². The van der Waals surface area contributed by atoms with Crippen molar-refractivity contribution in [1.29, 1.82) is 0 Å². The monoisotopic (exact) mass is 496 g/mol. The molecule has 4 nitrogen and oxygen atoms in total. The summed E-state index contributed by atoms with van der Waals surface area (Å²) in [6, 6.07) is 0. The van der Waals surface area contributed by atoms with Crippen LogP contribution in [0.15, 0.2) is 24.0 Å². The lowest BCUT2D eigenvalue weighted by atomic mass is 9.32. The third-order valence-electron chi connectivity index (χ3n) is 13.4. The number of rotatable bonds is 2. The molecule has 9 atom stereocenters. The standard InChI is InChI=1S/C32H48O4/c1-19(2)21-11-14-32(27(35)36-8)16-15-30(6)22(25(21)32)9-10-24-29(5)17-20(18-33)26(34)28(3,4)23(29)12-13-31(24,30)7/h18,21-25,33H,1,9-17H2,2-8H3/b20-18-/t21?,22?,23?,24?,25?,29-,30+,31+,32?/m0/s1. The summed E-state index contributed by atoms with van der Waals surface area (Å²) in [7, 11) is 1.56. The van der Waals surface area contributed by atoms with Gasteiger partial charge in [0.15, 0.2) is 5.78 Å². The fourth-order valence-corrected chi connectivity index (χ4v) is 11.7. The van der Waals surface area contributed by atoms with E-state index in [2.05, 4.69) is 48.1 Å². The van der Waals surface area contributed by atoms with Crippen molar-refractivity contribution in [2.45, 2.75) is 99.3 Å². The summed E-state index contributed by atoms with van der Waals surface area (Å²) in [4.78, 5) is 26.7. The van der Waals surface area contributed by atoms with E-state index in [0.29, 0.717) is 41.6 Å². The minimum Gasteiger partial charge on any atom is -0.515 e. The quantitative estimate of drug-likeness (QED) is 0.187. The third kappa shape index (κ3) is 2.94. The highest BCUT2D eigenvalue weighted by Gasteiger charge is 2.72. The Bertz CT molecular complexity index is 1020. The second-order valence-electron chi connectivity index (χ2n) is 14.7. The Morgan fingerprint density at radius 1 is 0.972 bits per heavy atom. The van der Waals surface area contributed by atoms with E-state index in [4.69, 9.17) is 4.74 Å². The Morgan fingerprint density at radius 3 is 2.28 bits per heavy atom. The van der Waals surface area contributed by atoms with Gasteiger partial charge in [-0.2, -0.15) is 0 Å². The van der Waals surface area contributed by atoms with Crippen LogP contribution in [0.4, 0.5) is 0 Å². The largest absolute Gasteiger partial charge is 0.515 e. The van der Waals surface area contributed by atoms with E-state index < -0.39 is 5.41 Å². The second-order valence-corrected chi connectivity index (χ2v) is 14.7. The fourth-order valence-electron chi connectivity index (χ4n) is 11.7. The lowest BCUT2D eigenvalue weighted by Crippen LogP contribution is -2.67. The molecule has 0 saturated heterocycles. The van der Waals surface area contributed by atoms with Crippen LogP contribution in [-0.2, 0) is 14.3 Å². The molecule has 5 saturated carbocycles. The van der Waals surface area contributed by atoms with Gasteiger partial charge in [-0.3, -0.25) is 9.59 Å². The fraction of sp³-hybridized carbons (Fsp3) is 0.812. The zero-order chi connectivity index (χ0) is 26.5. The van der Waals surface area contributed by atoms with E-state index in [9.17, 15) is 14.7 Å². The molecule has 0 aromatic heterocycles. The van der Waals surface area contributed by atoms with E-state index in [1.165, 1.54) is 5.57 Å². The molecule has 1 N–H and O–H groups in total. The zero-order valence-corrected chi connectivity index (χ0v) is 23.7. The van der Waals surface area contributed by atoms with Gasteiger partial charge in [0, 0.05) is 11.0 Å². The van der Waals surface area contributed by atoms with Gasteiger partial charge in [-0.25, -0.2) is 0 Å². The number of ketones is 1. The van der Waals surface area contributed by atoms with Gasteiger partial charge in [0.05, 0.1) is 18.8 Å². The van der Waals surface area contributed by atoms with Crippen LogP contribution in [0.5, 0.6) is 0 Å². The predicted molar refractivity (Wildman–Crippen MR) is 142 cm³/mol. The number of aliphatic hydroxyl groups is 1. The molecule has 5 fully saturated rings. The van der Waals surface area contributed by atoms with Crippen molar-refractivity contribution in [1.82, 2.24) is 0 Å². The first-order valence-electron chi connectivity index (χ1n) is 14.4. The van der Waals surface area contributed by atoms with Crippen LogP contribution in [0.2, 0.25) is 0 Å². The number of aliphatic hydroxyl groups excluding tert-OH is 1. The molecule has 6 unspecified atom stereocenters. The molecule has 0 aromatic rings. The summed E-state index contributed by atoms with van der Waals surface area (Å²) >= 11 is 0. The molecule has 0 amide bonds. The molecule has 0 heterocycles. The summed E-state index contributed by atoms with van der Waals surface area (Å²) in [5.41, 5.74) is 1.25. The van der Waals surface area contributed by atoms with E-state index in [-0.39, 0.29) is 33.4 Å². The molecule has 36 heavy (non-hydrogen) atoms. The molecular formula is C32H48O4. The number of methoxy groups -OCH3 is 1. The Morgan fingerprint density at radius 2 is 1.67 bits per heavy atom. The minimum absolute atomic E-state index is 0.00603. The van der Waals surface area contributed by atoms with Gasteiger partial charge >= 0.3 is 5.97 Å². The van der Waals surface area contributed by atoms with Crippen molar-refractivity contribution in [3.63, 3.8) is 0 Å². The lowest BCUT2D eigenvalue weighted by Gasteiger charge is -2.72. The molecule has 5 aliphatic rings. The van der Waals surface area contributed by atoms with Crippen molar-refractivity contribution in [3.05, 3.63) is 24.0 Å². The van der Waals surface area contributed by atoms with Crippen molar-refractivity contribution in [2.75, 3.05) is 7.11 Å². The summed E-state index contributed by atoms with van der Waals surface area (Å²) in [5, 5.41) is 10.0. The summed E-state index contributed by atoms with van der Waals surface area (Å²) in [6.07, 6.45) is 10.2. The Balaban J connectivity index is 1.59. The first kappa shape index (κ1) is 26.0. The molecule has 5 aliphatic carbocycles. The van der Waals surface area contributed by atoms with Crippen molar-refractivity contribution in [3.8, 4) is 0 Å². The van der Waals surface area contributed by atoms with Gasteiger partial charge in [0.1, 0.15) is 0 Å². The Kier molecular flexibility index (Phi) is 5.76. The highest BCUT2D eigenvalue weighted by atomic mass is 16.5. The van der Waals surface area contributed by atoms with Gasteiger partial charge in [-0.15, -0.1) is 0 Å². The average molecular weight is 497 g/mol. The number of ether oxygens (including phenoxy) is 1. The molecule has 0 spiro atoms. The first-order valence-corrected chi connectivity index (χ1v) is 14.4. The number of allylic oxidation sites excluding steroid dienone is 2. The molecule has 4 heteroatoms. The third-order valence-corrected chi connectivity index (χ3v) is 13.4. The maximum absolute atomic E-state index is 13.4. The van der Waals surface area contributed by atoms with Gasteiger partial charge in [0.25, 0.3) is 0 Å². The molecule has 200 valence electrons. The van der Waals surface area contributed by atoms with Crippen LogP contribution in [0.3, 0.4) is 0 Å². The zero-order valence-electron chi connectivity index (χ0n) is 23.7. The lowest BCUT2D eigenvalue weighted by molar-refractivity contribution is -0.232. The maximum Gasteiger partial charge on any atom is 0.312 e. The molecule has 0 radical (unpaired) electrons. The van der Waals surface area contributed by atoms with Crippen molar-refractivity contribution < 1.29 is 19.4 Å². The molecule has 0 bridgehead atoms. The topological polar surface area (TPSA) is 63.6 Å². The smallest absolute Gasteiger partial charge is 0.312 e. The molecule has 0 aliphatic heterocycles. The summed E-state index contributed by atoms with van der Waals surface area (Å²) in [6.45, 7) is 18.3. The predicted octanol–water partition coefficient (Wildman–Crippen LogP) is 7.44. The van der Waals surface area contributed by atoms with Gasteiger partial charge in [0.2, 0.25) is 0 Å². The van der Waals surface area contributed by atoms with Crippen LogP contribution >= 0.6 is 0 Å². The SMILES string of the molecule is C=C(C)C1CCC2(C(=O)OC)CC[C@]3(C)C(CCC4[C@@]5(C)C/C(=C/O)C(=O)C(C)(C)C5CC[C@]43C)C12. The average Bonchev–Trinajstić information content (AvgIpc) is 3.22. The number of Topliss-reactive ketones (excluding diaryl/α,β-unsaturated/α-hetero) is 1. The van der Waals surface area contributed by atoms with Gasteiger partial charge in [-0.05, 0) is 111 Å². The number of hydrogen-bond acceptors (Lipinski definition) is 4. The highest BCUT2D eigenvalue weighted by molar-refractivity contribution is 6.00. The first-order chi connectivity index (χ1) is 16.7. The molecular weight excluding hydrogens is 448 g/mol. The van der Waals surface area contributed by atoms with Crippen LogP contribution in [0.25, 0.3) is 0 Å². The van der Waals surface area contributed by atoms with E-state index in [1.54, 1.807) is 7.11 Å². The van der Waals surface area contributed by atoms with Crippen molar-refractivity contribution >= 4 is 11.8 Å². The summed E-state index contributed by atoms with van der Waals surface area (Å²) in [5.74, 6) is 2.12. The minimum atomic E-state index is -0.455.